The van der Waals surface area contributed by atoms with Gasteiger partial charge in [-0.25, -0.2) is 0 Å². The van der Waals surface area contributed by atoms with E-state index in [1.165, 1.54) is 0 Å². The minimum Gasteiger partial charge on any atom is -0.306 e. The summed E-state index contributed by atoms with van der Waals surface area (Å²) in [4.78, 5) is 0. The summed E-state index contributed by atoms with van der Waals surface area (Å²) >= 11 is 0. The van der Waals surface area contributed by atoms with Crippen molar-refractivity contribution in [1.29, 1.82) is 0 Å². The summed E-state index contributed by atoms with van der Waals surface area (Å²) in [5, 5.41) is 9.62. The molecule has 0 bridgehead atoms. The number of para-hydroxylation sites is 11. The Morgan fingerprint density at radius 2 is 0.447 bits per heavy atom. The number of hydrogen-bond acceptors (Lipinski definition) is 0. The Morgan fingerprint density at radius 3 is 0.745 bits per heavy atom. The van der Waals surface area contributed by atoms with Gasteiger partial charge in [0, 0.05) is 70.5 Å². The van der Waals surface area contributed by atoms with Crippen molar-refractivity contribution in [1.82, 2.24) is 27.4 Å². The van der Waals surface area contributed by atoms with Crippen LogP contribution in [0.25, 0.3) is 165 Å². The third kappa shape index (κ3) is 7.50. The number of hydrogen-bond donors (Lipinski definition) is 0. The van der Waals surface area contributed by atoms with Crippen molar-refractivity contribution in [3.8, 4) is 45.3 Å². The van der Waals surface area contributed by atoms with Crippen LogP contribution >= 0.6 is 0 Å². The van der Waals surface area contributed by atoms with Gasteiger partial charge in [0.2, 0.25) is 0 Å². The molecule has 0 radical (unpaired) electrons. The van der Waals surface area contributed by atoms with Crippen LogP contribution in [0.2, 0.25) is 0 Å². The highest BCUT2D eigenvalue weighted by Gasteiger charge is 2.41. The Hall–Kier alpha value is -12.0. The first kappa shape index (κ1) is 53.8. The van der Waals surface area contributed by atoms with E-state index in [0.29, 0.717) is 50.5 Å². The highest BCUT2D eigenvalue weighted by Crippen LogP contribution is 2.56. The Labute approximate surface area is 531 Å². The molecule has 0 spiro atoms. The van der Waals surface area contributed by atoms with E-state index in [0.717, 1.165) is 116 Å². The number of halogens is 6. The quantitative estimate of drug-likeness (QED) is 0.142. The maximum absolute atomic E-state index is 16.4. The average Bonchev–Trinajstić information content (AvgIpc) is 1.46. The molecule has 6 nitrogen and oxygen atoms in total. The van der Waals surface area contributed by atoms with Crippen LogP contribution in [0.1, 0.15) is 11.1 Å². The van der Waals surface area contributed by atoms with Gasteiger partial charge in [-0.1, -0.05) is 200 Å². The second-order valence-corrected chi connectivity index (χ2v) is 24.1. The molecule has 6 aromatic heterocycles. The SMILES string of the molecule is FC(F)(F)c1cc(-c2c(-n3c4ccccc4c4ccccc43)c(-n3c4ccccc4c4ccccc43)c(-n3c4ccccc4c4c5ccccc5n(-c5ccccc5)c43)c(-n3c4ccccc4c4ccccc43)c2-n2c3ccccc3c3ccccc32)cc(C(F)(F)F)c1. The van der Waals surface area contributed by atoms with Crippen LogP contribution in [0.15, 0.2) is 291 Å². The molecular weight excluding hydrogens is 1180 g/mol. The third-order valence-electron chi connectivity index (χ3n) is 19.2. The van der Waals surface area contributed by atoms with Gasteiger partial charge < -0.3 is 18.3 Å². The topological polar surface area (TPSA) is 29.6 Å². The summed E-state index contributed by atoms with van der Waals surface area (Å²) < 4.78 is 111. The van der Waals surface area contributed by atoms with E-state index in [9.17, 15) is 0 Å². The summed E-state index contributed by atoms with van der Waals surface area (Å²) in [6.07, 6.45) is -10.5. The van der Waals surface area contributed by atoms with Crippen LogP contribution in [0.3, 0.4) is 0 Å². The summed E-state index contributed by atoms with van der Waals surface area (Å²) in [6, 6.07) is 93.2. The predicted molar refractivity (Wildman–Crippen MR) is 370 cm³/mol. The van der Waals surface area contributed by atoms with Crippen LogP contribution in [-0.2, 0) is 12.4 Å². The van der Waals surface area contributed by atoms with Gasteiger partial charge in [-0.2, -0.15) is 26.3 Å². The summed E-state index contributed by atoms with van der Waals surface area (Å²) in [5.74, 6) is 0. The van der Waals surface area contributed by atoms with Crippen molar-refractivity contribution >= 4 is 120 Å². The highest BCUT2D eigenvalue weighted by molar-refractivity contribution is 6.24. The second-order valence-electron chi connectivity index (χ2n) is 24.1. The van der Waals surface area contributed by atoms with Crippen molar-refractivity contribution in [2.24, 2.45) is 0 Å². The smallest absolute Gasteiger partial charge is 0.306 e. The molecule has 0 saturated carbocycles. The molecule has 19 rings (SSSR count). The van der Waals surface area contributed by atoms with Crippen LogP contribution in [-0.4, -0.2) is 27.4 Å². The zero-order valence-electron chi connectivity index (χ0n) is 49.7. The van der Waals surface area contributed by atoms with Crippen molar-refractivity contribution in [3.63, 3.8) is 0 Å². The fourth-order valence-electron chi connectivity index (χ4n) is 15.5. The van der Waals surface area contributed by atoms with Crippen LogP contribution in [0.5, 0.6) is 0 Å². The lowest BCUT2D eigenvalue weighted by atomic mass is 9.92. The normalized spacial score (nSPS) is 12.6. The number of alkyl halides is 6. The molecule has 12 heteroatoms. The zero-order chi connectivity index (χ0) is 62.9. The van der Waals surface area contributed by atoms with E-state index < -0.39 is 23.5 Å². The number of benzene rings is 13. The fourth-order valence-corrected chi connectivity index (χ4v) is 15.5. The minimum absolute atomic E-state index is 0.100. The van der Waals surface area contributed by atoms with E-state index in [1.54, 1.807) is 0 Å². The lowest BCUT2D eigenvalue weighted by Gasteiger charge is -2.32. The number of aromatic nitrogens is 6. The lowest BCUT2D eigenvalue weighted by molar-refractivity contribution is -0.143. The van der Waals surface area contributed by atoms with Crippen LogP contribution in [0, 0.1) is 0 Å². The molecule has 94 heavy (non-hydrogen) atoms. The average molecular weight is 1230 g/mol. The predicted octanol–water partition coefficient (Wildman–Crippen LogP) is 22.8. The molecule has 448 valence electrons. The van der Waals surface area contributed by atoms with Crippen molar-refractivity contribution in [2.45, 2.75) is 12.4 Å². The van der Waals surface area contributed by atoms with Gasteiger partial charge >= 0.3 is 12.4 Å². The number of nitrogens with zero attached hydrogens (tertiary/aromatic N) is 6. The van der Waals surface area contributed by atoms with Crippen molar-refractivity contribution < 1.29 is 26.3 Å². The summed E-state index contributed by atoms with van der Waals surface area (Å²) in [6.45, 7) is 0. The molecule has 19 aromatic rings. The molecule has 0 saturated heterocycles. The first-order chi connectivity index (χ1) is 46.0. The number of rotatable bonds is 7. The number of fused-ring (bicyclic) bond motifs is 17. The van der Waals surface area contributed by atoms with Gasteiger partial charge in [-0.3, -0.25) is 9.13 Å². The van der Waals surface area contributed by atoms with E-state index in [4.69, 9.17) is 0 Å². The van der Waals surface area contributed by atoms with E-state index in [2.05, 4.69) is 118 Å². The van der Waals surface area contributed by atoms with Crippen LogP contribution < -0.4 is 0 Å². The lowest BCUT2D eigenvalue weighted by Crippen LogP contribution is -2.19. The van der Waals surface area contributed by atoms with Gasteiger partial charge in [-0.15, -0.1) is 0 Å². The molecule has 0 atom stereocenters. The Bertz CT molecular complexity index is 5900. The van der Waals surface area contributed by atoms with Gasteiger partial charge in [0.1, 0.15) is 11.3 Å². The molecule has 13 aromatic carbocycles. The van der Waals surface area contributed by atoms with Crippen molar-refractivity contribution in [3.05, 3.63) is 302 Å². The van der Waals surface area contributed by atoms with E-state index in [1.807, 2.05) is 182 Å². The molecule has 0 N–H and O–H groups in total. The zero-order valence-corrected chi connectivity index (χ0v) is 49.7. The third-order valence-corrected chi connectivity index (χ3v) is 19.2. The Kier molecular flexibility index (Phi) is 11.3. The van der Waals surface area contributed by atoms with Crippen molar-refractivity contribution in [2.75, 3.05) is 0 Å². The largest absolute Gasteiger partial charge is 0.416 e. The highest BCUT2D eigenvalue weighted by atomic mass is 19.4. The summed E-state index contributed by atoms with van der Waals surface area (Å²) in [5.41, 5.74) is 8.01. The van der Waals surface area contributed by atoms with Crippen LogP contribution in [0.4, 0.5) is 26.3 Å². The molecule has 0 unspecified atom stereocenters. The summed E-state index contributed by atoms with van der Waals surface area (Å²) in [7, 11) is 0. The van der Waals surface area contributed by atoms with Gasteiger partial charge in [0.15, 0.2) is 0 Å². The Balaban J connectivity index is 1.24. The van der Waals surface area contributed by atoms with Gasteiger partial charge in [0.05, 0.1) is 89.0 Å². The van der Waals surface area contributed by atoms with E-state index in [-0.39, 0.29) is 17.2 Å². The molecule has 0 aliphatic rings. The molecule has 0 fully saturated rings. The first-order valence-corrected chi connectivity index (χ1v) is 31.1. The van der Waals surface area contributed by atoms with E-state index >= 15 is 26.3 Å². The Morgan fingerprint density at radius 1 is 0.213 bits per heavy atom. The van der Waals surface area contributed by atoms with Gasteiger partial charge in [-0.05, 0) is 96.6 Å². The second kappa shape index (κ2) is 19.7. The van der Waals surface area contributed by atoms with Gasteiger partial charge in [0.25, 0.3) is 0 Å². The monoisotopic (exact) mass is 1230 g/mol. The fraction of sp³-hybridized carbons (Fsp3) is 0.0244. The molecular formula is C82H48F6N6. The molecule has 0 aliphatic heterocycles. The maximum Gasteiger partial charge on any atom is 0.416 e. The molecule has 0 aliphatic carbocycles. The standard InChI is InChI=1S/C82H48F6N6/c83-81(84,85)50-46-49(47-51(48-50)82(86,87)88)73-75(90-63-36-14-4-26-53(63)54-27-5-15-37-64(54)90)77(92-67-40-18-8-30-57(67)58-31-9-19-41-68(58)92)79(94-72-45-23-13-35-62(72)74-61-34-12-22-44-71(61)89(80(74)94)52-24-2-1-3-25-52)78(93-69-42-20-10-32-59(69)60-33-11-21-43-70(60)93)76(73)91-65-38-16-6-28-55(65)56-29-7-17-39-66(56)91/h1-48H. The molecule has 6 heterocycles. The maximum atomic E-state index is 16.4. The minimum atomic E-state index is -5.25. The molecule has 0 amide bonds. The first-order valence-electron chi connectivity index (χ1n) is 31.1.